The number of nitrogens with zero attached hydrogens (tertiary/aromatic N) is 2. The lowest BCUT2D eigenvalue weighted by atomic mass is 10.1. The fourth-order valence-corrected chi connectivity index (χ4v) is 4.71. The van der Waals surface area contributed by atoms with Gasteiger partial charge in [0.05, 0.1) is 11.9 Å². The predicted octanol–water partition coefficient (Wildman–Crippen LogP) is 4.03. The average Bonchev–Trinajstić information content (AvgIpc) is 2.76. The number of rotatable bonds is 10. The minimum absolute atomic E-state index is 0.0136. The maximum absolute atomic E-state index is 13.7. The minimum Gasteiger partial charge on any atom is -0.350 e. The molecule has 2 rings (SSSR count). The van der Waals surface area contributed by atoms with E-state index in [4.69, 9.17) is 11.6 Å². The zero-order valence-electron chi connectivity index (χ0n) is 21.5. The van der Waals surface area contributed by atoms with Crippen molar-refractivity contribution in [2.45, 2.75) is 59.2 Å². The van der Waals surface area contributed by atoms with Crippen LogP contribution in [0.15, 0.2) is 48.5 Å². The molecular weight excluding hydrogens is 502 g/mol. The van der Waals surface area contributed by atoms with Crippen LogP contribution in [0.5, 0.6) is 0 Å². The summed E-state index contributed by atoms with van der Waals surface area (Å²) in [7, 11) is -3.90. The van der Waals surface area contributed by atoms with Gasteiger partial charge in [-0.25, -0.2) is 8.42 Å². The third-order valence-electron chi connectivity index (χ3n) is 5.40. The largest absolute Gasteiger partial charge is 0.350 e. The van der Waals surface area contributed by atoms with Crippen molar-refractivity contribution in [3.05, 3.63) is 64.7 Å². The molecule has 196 valence electrons. The van der Waals surface area contributed by atoms with Crippen molar-refractivity contribution in [3.8, 4) is 0 Å². The second-order valence-electron chi connectivity index (χ2n) is 9.65. The number of benzene rings is 2. The summed E-state index contributed by atoms with van der Waals surface area (Å²) in [4.78, 5) is 40.1. The maximum Gasteiger partial charge on any atom is 0.244 e. The molecule has 0 saturated heterocycles. The van der Waals surface area contributed by atoms with Gasteiger partial charge in [-0.05, 0) is 57.9 Å². The number of amides is 2. The van der Waals surface area contributed by atoms with Crippen LogP contribution in [0.2, 0.25) is 5.02 Å². The smallest absolute Gasteiger partial charge is 0.244 e. The lowest BCUT2D eigenvalue weighted by Crippen LogP contribution is -2.55. The Kier molecular flexibility index (Phi) is 9.68. The summed E-state index contributed by atoms with van der Waals surface area (Å²) in [5.41, 5.74) is 0.593. The van der Waals surface area contributed by atoms with Crippen LogP contribution in [-0.2, 0) is 26.2 Å². The quantitative estimate of drug-likeness (QED) is 0.462. The zero-order chi connectivity index (χ0) is 27.3. The predicted molar refractivity (Wildman–Crippen MR) is 143 cm³/mol. The monoisotopic (exact) mass is 535 g/mol. The Bertz CT molecular complexity index is 1220. The van der Waals surface area contributed by atoms with E-state index >= 15 is 0 Å². The number of anilines is 1. The fraction of sp³-hybridized carbons (Fsp3) is 0.423. The molecule has 8 nitrogen and oxygen atoms in total. The minimum atomic E-state index is -3.90. The zero-order valence-corrected chi connectivity index (χ0v) is 23.1. The van der Waals surface area contributed by atoms with E-state index in [0.29, 0.717) is 22.6 Å². The molecule has 0 aliphatic rings. The van der Waals surface area contributed by atoms with Crippen molar-refractivity contribution in [1.82, 2.24) is 10.2 Å². The highest BCUT2D eigenvalue weighted by Crippen LogP contribution is 2.23. The first kappa shape index (κ1) is 29.3. The molecule has 0 fully saturated rings. The molecule has 0 saturated carbocycles. The van der Waals surface area contributed by atoms with Gasteiger partial charge in [0.2, 0.25) is 21.8 Å². The number of nitrogens with one attached hydrogen (secondary N) is 1. The van der Waals surface area contributed by atoms with Crippen LogP contribution in [0.1, 0.15) is 57.0 Å². The molecule has 0 aliphatic carbocycles. The Labute approximate surface area is 218 Å². The van der Waals surface area contributed by atoms with Crippen molar-refractivity contribution >= 4 is 44.9 Å². The molecule has 10 heteroatoms. The number of ketones is 1. The first-order valence-corrected chi connectivity index (χ1v) is 13.8. The number of hydrogen-bond acceptors (Lipinski definition) is 5. The van der Waals surface area contributed by atoms with E-state index < -0.39 is 34.1 Å². The average molecular weight is 536 g/mol. The van der Waals surface area contributed by atoms with Gasteiger partial charge in [0.15, 0.2) is 5.78 Å². The van der Waals surface area contributed by atoms with Crippen LogP contribution in [0.4, 0.5) is 5.69 Å². The van der Waals surface area contributed by atoms with Crippen molar-refractivity contribution in [1.29, 1.82) is 0 Å². The maximum atomic E-state index is 13.7. The molecule has 1 N–H and O–H groups in total. The summed E-state index contributed by atoms with van der Waals surface area (Å²) < 4.78 is 26.4. The van der Waals surface area contributed by atoms with Crippen LogP contribution >= 0.6 is 11.6 Å². The van der Waals surface area contributed by atoms with Gasteiger partial charge < -0.3 is 10.2 Å². The summed E-state index contributed by atoms with van der Waals surface area (Å²) in [6.45, 7) is 8.13. The molecule has 0 spiro atoms. The first-order valence-electron chi connectivity index (χ1n) is 11.6. The van der Waals surface area contributed by atoms with Crippen LogP contribution in [-0.4, -0.2) is 55.3 Å². The SMILES string of the molecule is CCC(C(=O)NC(C)(C)C)N(Cc1ccccc1Cl)C(=O)CN(c1cccc(C(C)=O)c1)S(C)(=O)=O. The van der Waals surface area contributed by atoms with E-state index in [1.807, 2.05) is 20.8 Å². The molecule has 2 amide bonds. The van der Waals surface area contributed by atoms with Gasteiger partial charge in [0.1, 0.15) is 12.6 Å². The van der Waals surface area contributed by atoms with Crippen LogP contribution in [0.25, 0.3) is 0 Å². The van der Waals surface area contributed by atoms with Gasteiger partial charge in [0.25, 0.3) is 0 Å². The van der Waals surface area contributed by atoms with Crippen molar-refractivity contribution < 1.29 is 22.8 Å². The highest BCUT2D eigenvalue weighted by Gasteiger charge is 2.33. The third kappa shape index (κ3) is 8.06. The Hall–Kier alpha value is -2.91. The highest BCUT2D eigenvalue weighted by molar-refractivity contribution is 7.92. The second-order valence-corrected chi connectivity index (χ2v) is 12.0. The third-order valence-corrected chi connectivity index (χ3v) is 6.91. The highest BCUT2D eigenvalue weighted by atomic mass is 35.5. The summed E-state index contributed by atoms with van der Waals surface area (Å²) in [5, 5.41) is 3.33. The molecular formula is C26H34ClN3O5S. The molecule has 1 atom stereocenters. The normalized spacial score (nSPS) is 12.5. The molecule has 0 aliphatic heterocycles. The Balaban J connectivity index is 2.51. The Morgan fingerprint density at radius 3 is 2.22 bits per heavy atom. The molecule has 0 radical (unpaired) electrons. The van der Waals surface area contributed by atoms with Crippen molar-refractivity contribution in [2.75, 3.05) is 17.1 Å². The van der Waals surface area contributed by atoms with Gasteiger partial charge in [-0.15, -0.1) is 0 Å². The molecule has 36 heavy (non-hydrogen) atoms. The summed E-state index contributed by atoms with van der Waals surface area (Å²) in [6, 6.07) is 12.2. The summed E-state index contributed by atoms with van der Waals surface area (Å²) >= 11 is 6.35. The molecule has 2 aromatic rings. The number of carbonyl (C=O) groups is 3. The number of carbonyl (C=O) groups excluding carboxylic acids is 3. The van der Waals surface area contributed by atoms with Gasteiger partial charge in [0, 0.05) is 22.7 Å². The lowest BCUT2D eigenvalue weighted by molar-refractivity contribution is -0.141. The van der Waals surface area contributed by atoms with Crippen molar-refractivity contribution in [2.24, 2.45) is 0 Å². The van der Waals surface area contributed by atoms with E-state index in [1.165, 1.54) is 24.0 Å². The standard InChI is InChI=1S/C26H34ClN3O5S/c1-7-23(25(33)28-26(3,4)5)29(16-20-11-8-9-14-22(20)27)24(32)17-30(36(6,34)35)21-13-10-12-19(15-21)18(2)31/h8-15,23H,7,16-17H2,1-6H3,(H,28,33). The molecule has 2 aromatic carbocycles. The van der Waals surface area contributed by atoms with E-state index in [-0.39, 0.29) is 23.9 Å². The molecule has 0 heterocycles. The second kappa shape index (κ2) is 11.9. The lowest BCUT2D eigenvalue weighted by Gasteiger charge is -2.34. The molecule has 0 aromatic heterocycles. The van der Waals surface area contributed by atoms with Gasteiger partial charge in [-0.3, -0.25) is 18.7 Å². The van der Waals surface area contributed by atoms with E-state index in [1.54, 1.807) is 43.3 Å². The fourth-order valence-electron chi connectivity index (χ4n) is 3.68. The van der Waals surface area contributed by atoms with Gasteiger partial charge >= 0.3 is 0 Å². The number of Topliss-reactive ketones (excluding diaryl/α,β-unsaturated/α-hetero) is 1. The van der Waals surface area contributed by atoms with E-state index in [2.05, 4.69) is 5.32 Å². The van der Waals surface area contributed by atoms with Crippen LogP contribution in [0, 0.1) is 0 Å². The topological polar surface area (TPSA) is 104 Å². The van der Waals surface area contributed by atoms with Crippen LogP contribution < -0.4 is 9.62 Å². The number of halogens is 1. The Morgan fingerprint density at radius 2 is 1.69 bits per heavy atom. The summed E-state index contributed by atoms with van der Waals surface area (Å²) in [5.74, 6) is -1.17. The first-order chi connectivity index (χ1) is 16.6. The number of hydrogen-bond donors (Lipinski definition) is 1. The van der Waals surface area contributed by atoms with Crippen molar-refractivity contribution in [3.63, 3.8) is 0 Å². The van der Waals surface area contributed by atoms with E-state index in [9.17, 15) is 22.8 Å². The summed E-state index contributed by atoms with van der Waals surface area (Å²) in [6.07, 6.45) is 1.29. The van der Waals surface area contributed by atoms with Gasteiger partial charge in [-0.2, -0.15) is 0 Å². The van der Waals surface area contributed by atoms with Crippen LogP contribution in [0.3, 0.4) is 0 Å². The molecule has 1 unspecified atom stereocenters. The van der Waals surface area contributed by atoms with Gasteiger partial charge in [-0.1, -0.05) is 48.9 Å². The Morgan fingerprint density at radius 1 is 1.06 bits per heavy atom. The molecule has 0 bridgehead atoms. The number of sulfonamides is 1. The van der Waals surface area contributed by atoms with E-state index in [0.717, 1.165) is 10.6 Å².